The van der Waals surface area contributed by atoms with Crippen LogP contribution in [-0.2, 0) is 9.59 Å². The molecule has 126 valence electrons. The normalized spacial score (nSPS) is 10.7. The molecule has 0 bridgehead atoms. The average molecular weight is 334 g/mol. The number of hydrogen-bond acceptors (Lipinski definition) is 4. The Bertz CT molecular complexity index is 881. The number of benzene rings is 2. The van der Waals surface area contributed by atoms with Gasteiger partial charge in [-0.15, -0.1) is 0 Å². The lowest BCUT2D eigenvalue weighted by molar-refractivity contribution is -0.116. The van der Waals surface area contributed by atoms with Crippen molar-refractivity contribution < 1.29 is 9.59 Å². The van der Waals surface area contributed by atoms with E-state index in [0.29, 0.717) is 17.1 Å². The number of nitrogen functional groups attached to an aromatic ring is 1. The zero-order valence-electron chi connectivity index (χ0n) is 14.0. The van der Waals surface area contributed by atoms with Gasteiger partial charge in [0.15, 0.2) is 0 Å². The van der Waals surface area contributed by atoms with Crippen molar-refractivity contribution in [3.63, 3.8) is 0 Å². The summed E-state index contributed by atoms with van der Waals surface area (Å²) >= 11 is 0. The summed E-state index contributed by atoms with van der Waals surface area (Å²) in [5.41, 5.74) is 7.96. The van der Waals surface area contributed by atoms with Gasteiger partial charge in [0, 0.05) is 24.5 Å². The number of nitrogens with zero attached hydrogens (tertiary/aromatic N) is 2. The molecule has 3 N–H and O–H groups in total. The summed E-state index contributed by atoms with van der Waals surface area (Å²) in [4.78, 5) is 25.5. The second-order valence-electron chi connectivity index (χ2n) is 5.41. The van der Waals surface area contributed by atoms with Gasteiger partial charge >= 0.3 is 0 Å². The Morgan fingerprint density at radius 1 is 1.20 bits per heavy atom. The van der Waals surface area contributed by atoms with Crippen LogP contribution in [0.2, 0.25) is 0 Å². The summed E-state index contributed by atoms with van der Waals surface area (Å²) in [5.74, 6) is -0.936. The van der Waals surface area contributed by atoms with Gasteiger partial charge in [-0.3, -0.25) is 14.5 Å². The number of carbonyl (C=O) groups is 2. The van der Waals surface area contributed by atoms with Gasteiger partial charge in [-0.05, 0) is 36.8 Å². The topological polar surface area (TPSA) is 99.2 Å². The minimum Gasteiger partial charge on any atom is -0.399 e. The van der Waals surface area contributed by atoms with E-state index in [0.717, 1.165) is 5.56 Å². The molecule has 2 rings (SSSR count). The number of para-hydroxylation sites is 1. The third-order valence-corrected chi connectivity index (χ3v) is 3.50. The molecule has 0 unspecified atom stereocenters. The molecule has 0 atom stereocenters. The van der Waals surface area contributed by atoms with Gasteiger partial charge in [0.25, 0.3) is 5.91 Å². The molecule has 0 aliphatic rings. The van der Waals surface area contributed by atoms with Gasteiger partial charge < -0.3 is 11.1 Å². The third kappa shape index (κ3) is 4.45. The maximum atomic E-state index is 12.4. The van der Waals surface area contributed by atoms with Crippen molar-refractivity contribution in [3.05, 3.63) is 65.9 Å². The Morgan fingerprint density at radius 2 is 1.92 bits per heavy atom. The van der Waals surface area contributed by atoms with Crippen LogP contribution in [0.15, 0.2) is 60.3 Å². The smallest absolute Gasteiger partial charge is 0.267 e. The van der Waals surface area contributed by atoms with Crippen LogP contribution in [0, 0.1) is 18.3 Å². The Kier molecular flexibility index (Phi) is 5.54. The molecule has 2 aromatic rings. The highest BCUT2D eigenvalue weighted by Gasteiger charge is 2.16. The first-order valence-corrected chi connectivity index (χ1v) is 7.56. The molecule has 2 amide bonds. The first-order valence-electron chi connectivity index (χ1n) is 7.56. The number of amides is 2. The number of hydrogen-bond donors (Lipinski definition) is 2. The standard InChI is InChI=1S/C19H18N4O2/c1-13-6-3-4-9-18(13)22-19(25)15(11-20)12-23(14(2)24)17-8-5-7-16(21)10-17/h3-10,12H,21H2,1-2H3,(H,22,25)/b15-12-. The Labute approximate surface area is 146 Å². The quantitative estimate of drug-likeness (QED) is 0.510. The van der Waals surface area contributed by atoms with Crippen molar-refractivity contribution in [2.75, 3.05) is 16.0 Å². The molecule has 0 aromatic heterocycles. The van der Waals surface area contributed by atoms with E-state index in [4.69, 9.17) is 5.73 Å². The van der Waals surface area contributed by atoms with Crippen LogP contribution in [0.4, 0.5) is 17.1 Å². The van der Waals surface area contributed by atoms with Gasteiger partial charge in [-0.2, -0.15) is 5.26 Å². The predicted molar refractivity (Wildman–Crippen MR) is 97.5 cm³/mol. The summed E-state index contributed by atoms with van der Waals surface area (Å²) < 4.78 is 0. The monoisotopic (exact) mass is 334 g/mol. The molecule has 2 aromatic carbocycles. The number of rotatable bonds is 4. The van der Waals surface area contributed by atoms with E-state index in [1.54, 1.807) is 36.4 Å². The number of nitriles is 1. The van der Waals surface area contributed by atoms with Crippen molar-refractivity contribution >= 4 is 28.9 Å². The fourth-order valence-electron chi connectivity index (χ4n) is 2.19. The second-order valence-corrected chi connectivity index (χ2v) is 5.41. The van der Waals surface area contributed by atoms with Gasteiger partial charge in [0.1, 0.15) is 11.6 Å². The minimum absolute atomic E-state index is 0.194. The molecule has 6 nitrogen and oxygen atoms in total. The zero-order chi connectivity index (χ0) is 18.4. The fourth-order valence-corrected chi connectivity index (χ4v) is 2.19. The third-order valence-electron chi connectivity index (χ3n) is 3.50. The molecule has 6 heteroatoms. The van der Waals surface area contributed by atoms with Crippen LogP contribution < -0.4 is 16.0 Å². The molecule has 0 aliphatic heterocycles. The van der Waals surface area contributed by atoms with Gasteiger partial charge in [-0.1, -0.05) is 24.3 Å². The van der Waals surface area contributed by atoms with Crippen molar-refractivity contribution in [1.29, 1.82) is 5.26 Å². The van der Waals surface area contributed by atoms with E-state index in [9.17, 15) is 14.9 Å². The first-order chi connectivity index (χ1) is 11.9. The van der Waals surface area contributed by atoms with E-state index in [-0.39, 0.29) is 11.5 Å². The van der Waals surface area contributed by atoms with Crippen molar-refractivity contribution in [2.45, 2.75) is 13.8 Å². The second kappa shape index (κ2) is 7.79. The highest BCUT2D eigenvalue weighted by atomic mass is 16.2. The van der Waals surface area contributed by atoms with Crippen LogP contribution in [0.3, 0.4) is 0 Å². The van der Waals surface area contributed by atoms with Crippen LogP contribution >= 0.6 is 0 Å². The largest absolute Gasteiger partial charge is 0.399 e. The molecular weight excluding hydrogens is 316 g/mol. The van der Waals surface area contributed by atoms with Gasteiger partial charge in [0.2, 0.25) is 5.91 Å². The Balaban J connectivity index is 2.33. The first kappa shape index (κ1) is 17.8. The highest BCUT2D eigenvalue weighted by Crippen LogP contribution is 2.20. The lowest BCUT2D eigenvalue weighted by Crippen LogP contribution is -2.25. The van der Waals surface area contributed by atoms with E-state index in [1.807, 2.05) is 25.1 Å². The number of carbonyl (C=O) groups excluding carboxylic acids is 2. The maximum Gasteiger partial charge on any atom is 0.267 e. The lowest BCUT2D eigenvalue weighted by Gasteiger charge is -2.17. The van der Waals surface area contributed by atoms with Crippen LogP contribution in [0.25, 0.3) is 0 Å². The van der Waals surface area contributed by atoms with E-state index in [1.165, 1.54) is 18.0 Å². The molecule has 0 radical (unpaired) electrons. The molecular formula is C19H18N4O2. The minimum atomic E-state index is -0.591. The molecule has 0 saturated heterocycles. The summed E-state index contributed by atoms with van der Waals surface area (Å²) in [7, 11) is 0. The van der Waals surface area contributed by atoms with Crippen LogP contribution in [0.5, 0.6) is 0 Å². The van der Waals surface area contributed by atoms with Crippen molar-refractivity contribution in [1.82, 2.24) is 0 Å². The molecule has 0 saturated carbocycles. The predicted octanol–water partition coefficient (Wildman–Crippen LogP) is 2.98. The van der Waals surface area contributed by atoms with Gasteiger partial charge in [-0.25, -0.2) is 0 Å². The maximum absolute atomic E-state index is 12.4. The Hall–Kier alpha value is -3.59. The summed E-state index contributed by atoms with van der Waals surface area (Å²) in [5, 5.41) is 12.0. The van der Waals surface area contributed by atoms with Crippen molar-refractivity contribution in [3.8, 4) is 6.07 Å². The van der Waals surface area contributed by atoms with E-state index < -0.39 is 5.91 Å². The highest BCUT2D eigenvalue weighted by molar-refractivity contribution is 6.08. The summed E-state index contributed by atoms with van der Waals surface area (Å²) in [6.45, 7) is 3.19. The number of nitrogens with one attached hydrogen (secondary N) is 1. The number of anilines is 3. The van der Waals surface area contributed by atoms with E-state index >= 15 is 0 Å². The molecule has 0 aliphatic carbocycles. The van der Waals surface area contributed by atoms with Crippen LogP contribution in [-0.4, -0.2) is 11.8 Å². The molecule has 0 spiro atoms. The van der Waals surface area contributed by atoms with Crippen molar-refractivity contribution in [2.24, 2.45) is 0 Å². The molecule has 0 fully saturated rings. The van der Waals surface area contributed by atoms with E-state index in [2.05, 4.69) is 5.32 Å². The SMILES string of the molecule is CC(=O)N(/C=C(/C#N)C(=O)Nc1ccccc1C)c1cccc(N)c1. The summed E-state index contributed by atoms with van der Waals surface area (Å²) in [6.07, 6.45) is 1.21. The summed E-state index contributed by atoms with van der Waals surface area (Å²) in [6, 6.07) is 15.7. The number of nitrogens with two attached hydrogens (primary N) is 1. The van der Waals surface area contributed by atoms with Crippen LogP contribution in [0.1, 0.15) is 12.5 Å². The fraction of sp³-hybridized carbons (Fsp3) is 0.105. The average Bonchev–Trinajstić information content (AvgIpc) is 2.57. The van der Waals surface area contributed by atoms with Gasteiger partial charge in [0.05, 0.1) is 5.69 Å². The molecule has 0 heterocycles. The Morgan fingerprint density at radius 3 is 2.52 bits per heavy atom. The zero-order valence-corrected chi connectivity index (χ0v) is 14.0. The lowest BCUT2D eigenvalue weighted by atomic mass is 10.2. The molecule has 25 heavy (non-hydrogen) atoms. The number of aryl methyl sites for hydroxylation is 1.